The molecule has 0 bridgehead atoms. The van der Waals surface area contributed by atoms with E-state index >= 15 is 0 Å². The normalized spacial score (nSPS) is 0. The zero-order valence-electron chi connectivity index (χ0n) is 16.5. The Hall–Kier alpha value is 29.8. The first-order valence-corrected chi connectivity index (χ1v) is 0. The van der Waals surface area contributed by atoms with E-state index in [9.17, 15) is 0 Å². The predicted octanol–water partition coefficient (Wildman–Crippen LogP) is -6.51. The van der Waals surface area contributed by atoms with Gasteiger partial charge in [-0.25, -0.2) is 0 Å². The second kappa shape index (κ2) is 257. The number of rotatable bonds is 0. The Morgan fingerprint density at radius 3 is 0.0606 bits per heavy atom. The summed E-state index contributed by atoms with van der Waals surface area (Å²) in [4.78, 5) is 0. The SMILES string of the molecule is [Pb].[Pb].[Pb].[Pb].[Pb].[Pb].[Pb].[Pb].[Pb].[Pb].[Pb].[Pb].[Pb].[Pb].[Pb].[Pb].[Pb].[Zr].[Zr].[Zr].[Zr].[Zr].[Zr].[Zr].[Zr].[Zr].[Zr].[Zr].[Zr].[Zr].[Zr].[Zr].[Zr]. The van der Waals surface area contributed by atoms with Crippen LogP contribution >= 0.6 is 0 Å². The first-order chi connectivity index (χ1) is 0. The van der Waals surface area contributed by atoms with Gasteiger partial charge in [0.25, 0.3) is 0 Å². The molecule has 0 saturated heterocycles. The number of hydrogen-bond donors (Lipinski definition) is 0. The Bertz CT molecular complexity index is 33.0. The third-order valence-electron chi connectivity index (χ3n) is 0. The van der Waals surface area contributed by atoms with E-state index in [4.69, 9.17) is 0 Å². The Morgan fingerprint density at radius 2 is 0.0606 bits per heavy atom. The molecule has 0 aliphatic rings. The summed E-state index contributed by atoms with van der Waals surface area (Å²) in [5, 5.41) is 0. The summed E-state index contributed by atoms with van der Waals surface area (Å²) >= 11 is 0. The van der Waals surface area contributed by atoms with E-state index in [2.05, 4.69) is 0 Å². The summed E-state index contributed by atoms with van der Waals surface area (Å²) in [5.41, 5.74) is 0. The van der Waals surface area contributed by atoms with Crippen molar-refractivity contribution in [1.29, 1.82) is 0 Å². The molecule has 68 radical (unpaired) electrons. The van der Waals surface area contributed by atoms with Gasteiger partial charge in [0.1, 0.15) is 0 Å². The molecular formula is Pb17Zr16. The maximum Gasteiger partial charge on any atom is 0 e. The van der Waals surface area contributed by atoms with Crippen molar-refractivity contribution in [1.82, 2.24) is 0 Å². The van der Waals surface area contributed by atoms with Crippen LogP contribution in [0.3, 0.4) is 0 Å². The Kier molecular flexibility index (Phi) is 2110. The third kappa shape index (κ3) is 249. The van der Waals surface area contributed by atoms with Crippen molar-refractivity contribution >= 4 is 464 Å². The molecule has 0 aromatic rings. The minimum atomic E-state index is 0. The summed E-state index contributed by atoms with van der Waals surface area (Å²) in [6.45, 7) is 0. The molecule has 0 aliphatic heterocycles. The van der Waals surface area contributed by atoms with Crippen LogP contribution in [-0.2, 0) is 419 Å². The Balaban J connectivity index is 0. The standard InChI is InChI=1S/17Pb.16Zr. The molecule has 0 atom stereocenters. The van der Waals surface area contributed by atoms with Gasteiger partial charge in [0.2, 0.25) is 0 Å². The van der Waals surface area contributed by atoms with Crippen molar-refractivity contribution in [2.45, 2.75) is 0 Å². The van der Waals surface area contributed by atoms with Crippen LogP contribution in [0.25, 0.3) is 0 Å². The smallest absolute Gasteiger partial charge is 0 e. The number of hydrogen-bond acceptors (Lipinski definition) is 0. The van der Waals surface area contributed by atoms with Crippen LogP contribution in [0.5, 0.6) is 0 Å². The monoisotopic (exact) mass is 4970 g/mol. The molecule has 0 rings (SSSR count). The summed E-state index contributed by atoms with van der Waals surface area (Å²) in [7, 11) is 0. The van der Waals surface area contributed by atoms with Gasteiger partial charge < -0.3 is 0 Å². The van der Waals surface area contributed by atoms with E-state index in [1.807, 2.05) is 0 Å². The quantitative estimate of drug-likeness (QED) is 0.212. The molecule has 0 spiro atoms. The van der Waals surface area contributed by atoms with Crippen LogP contribution in [0, 0.1) is 0 Å². The molecule has 0 unspecified atom stereocenters. The first-order valence-electron chi connectivity index (χ1n) is 0. The summed E-state index contributed by atoms with van der Waals surface area (Å²) in [6, 6.07) is 0. The van der Waals surface area contributed by atoms with E-state index < -0.39 is 0 Å². The molecule has 33 heteroatoms. The zero-order valence-corrected chi connectivity index (χ0v) is 122. The van der Waals surface area contributed by atoms with Crippen LogP contribution in [0.4, 0.5) is 0 Å². The maximum absolute atomic E-state index is 0. The van der Waals surface area contributed by atoms with Crippen LogP contribution in [0.2, 0.25) is 0 Å². The largest absolute Gasteiger partial charge is 0 e. The predicted molar refractivity (Wildman–Crippen MR) is 97.8 cm³/mol. The second-order valence-electron chi connectivity index (χ2n) is 0. The van der Waals surface area contributed by atoms with E-state index in [-0.39, 0.29) is 883 Å². The van der Waals surface area contributed by atoms with Crippen LogP contribution < -0.4 is 0 Å². The molecule has 0 aliphatic carbocycles. The van der Waals surface area contributed by atoms with E-state index in [1.54, 1.807) is 0 Å². The molecular weight excluding hydrogens is 4980 g/mol. The van der Waals surface area contributed by atoms with Crippen molar-refractivity contribution in [3.63, 3.8) is 0 Å². The Morgan fingerprint density at radius 1 is 0.0606 bits per heavy atom. The molecule has 0 aromatic carbocycles. The van der Waals surface area contributed by atoms with Gasteiger partial charge in [-0.2, -0.15) is 0 Å². The van der Waals surface area contributed by atoms with Gasteiger partial charge in [-0.15, -0.1) is 0 Å². The zero-order chi connectivity index (χ0) is 0. The van der Waals surface area contributed by atoms with E-state index in [0.29, 0.717) is 0 Å². The molecule has 132 valence electrons. The van der Waals surface area contributed by atoms with Crippen molar-refractivity contribution in [2.24, 2.45) is 0 Å². The van der Waals surface area contributed by atoms with Crippen molar-refractivity contribution in [3.05, 3.63) is 0 Å². The van der Waals surface area contributed by atoms with Gasteiger partial charge in [0.05, 0.1) is 0 Å². The fourth-order valence-electron chi connectivity index (χ4n) is 0. The maximum atomic E-state index is 0. The van der Waals surface area contributed by atoms with E-state index in [1.165, 1.54) is 0 Å². The van der Waals surface area contributed by atoms with Gasteiger partial charge in [0, 0.05) is 883 Å². The fraction of sp³-hybridized carbons (Fsp3) is 0. The molecule has 0 saturated carbocycles. The minimum Gasteiger partial charge on any atom is 0 e. The van der Waals surface area contributed by atoms with Gasteiger partial charge in [-0.05, 0) is 0 Å². The van der Waals surface area contributed by atoms with Crippen LogP contribution in [0.15, 0.2) is 0 Å². The minimum absolute atomic E-state index is 0. The molecule has 0 fully saturated rings. The van der Waals surface area contributed by atoms with Gasteiger partial charge in [-0.1, -0.05) is 0 Å². The topological polar surface area (TPSA) is 0 Å². The summed E-state index contributed by atoms with van der Waals surface area (Å²) in [5.74, 6) is 0. The fourth-order valence-corrected chi connectivity index (χ4v) is 0. The molecule has 0 heterocycles. The summed E-state index contributed by atoms with van der Waals surface area (Å²) in [6.07, 6.45) is 0. The third-order valence-corrected chi connectivity index (χ3v) is 0. The van der Waals surface area contributed by atoms with Gasteiger partial charge >= 0.3 is 0 Å². The van der Waals surface area contributed by atoms with Crippen molar-refractivity contribution in [3.8, 4) is 0 Å². The first kappa shape index (κ1) is 270. The van der Waals surface area contributed by atoms with Crippen molar-refractivity contribution < 1.29 is 419 Å². The molecule has 33 heavy (non-hydrogen) atoms. The Labute approximate surface area is 852 Å². The molecule has 0 amide bonds. The van der Waals surface area contributed by atoms with Crippen LogP contribution in [-0.4, -0.2) is 464 Å². The van der Waals surface area contributed by atoms with Gasteiger partial charge in [0.15, 0.2) is 0 Å². The average molecular weight is 4980 g/mol. The average Bonchev–Trinajstić information content (AvgIpc) is 0. The molecule has 0 N–H and O–H groups in total. The van der Waals surface area contributed by atoms with Crippen LogP contribution in [0.1, 0.15) is 0 Å². The van der Waals surface area contributed by atoms with Crippen molar-refractivity contribution in [2.75, 3.05) is 0 Å². The summed E-state index contributed by atoms with van der Waals surface area (Å²) < 4.78 is 0. The molecule has 0 nitrogen and oxygen atoms in total. The van der Waals surface area contributed by atoms with Gasteiger partial charge in [-0.3, -0.25) is 0 Å². The second-order valence-corrected chi connectivity index (χ2v) is 0. The molecule has 0 aromatic heterocycles. The van der Waals surface area contributed by atoms with E-state index in [0.717, 1.165) is 0 Å².